The Labute approximate surface area is 218 Å². The van der Waals surface area contributed by atoms with Gasteiger partial charge < -0.3 is 28.4 Å². The average molecular weight is 519 g/mol. The fourth-order valence-corrected chi connectivity index (χ4v) is 4.66. The van der Waals surface area contributed by atoms with Gasteiger partial charge in [-0.3, -0.25) is 0 Å². The third-order valence-electron chi connectivity index (χ3n) is 6.48. The monoisotopic (exact) mass is 518 g/mol. The second-order valence-electron chi connectivity index (χ2n) is 11.8. The third-order valence-corrected chi connectivity index (χ3v) is 6.48. The molecule has 0 bridgehead atoms. The highest BCUT2D eigenvalue weighted by molar-refractivity contribution is 6.06. The fourth-order valence-electron chi connectivity index (χ4n) is 4.66. The number of benzene rings is 1. The smallest absolute Gasteiger partial charge is 0.428 e. The minimum Gasteiger partial charge on any atom is -0.492 e. The molecule has 1 saturated heterocycles. The number of fused-ring (bicyclic) bond motifs is 3. The summed E-state index contributed by atoms with van der Waals surface area (Å²) < 4.78 is 34.1. The first kappa shape index (κ1) is 27.2. The van der Waals surface area contributed by atoms with E-state index in [0.717, 1.165) is 28.9 Å². The first-order valence-electron chi connectivity index (χ1n) is 12.6. The first-order chi connectivity index (χ1) is 17.3. The molecular weight excluding hydrogens is 480 g/mol. The molecule has 0 N–H and O–H groups in total. The molecule has 2 amide bonds. The van der Waals surface area contributed by atoms with Crippen LogP contribution in [-0.4, -0.2) is 74.5 Å². The molecule has 1 aromatic rings. The van der Waals surface area contributed by atoms with Crippen LogP contribution in [0.5, 0.6) is 5.75 Å². The van der Waals surface area contributed by atoms with Crippen LogP contribution in [0.2, 0.25) is 0 Å². The predicted molar refractivity (Wildman–Crippen MR) is 135 cm³/mol. The molecule has 0 aromatic heterocycles. The van der Waals surface area contributed by atoms with E-state index in [9.17, 15) is 9.59 Å². The van der Waals surface area contributed by atoms with Gasteiger partial charge in [0.1, 0.15) is 35.7 Å². The molecule has 2 spiro atoms. The Morgan fingerprint density at radius 2 is 1.62 bits per heavy atom. The largest absolute Gasteiger partial charge is 0.492 e. The second-order valence-corrected chi connectivity index (χ2v) is 11.8. The van der Waals surface area contributed by atoms with E-state index in [4.69, 9.17) is 33.4 Å². The van der Waals surface area contributed by atoms with Crippen molar-refractivity contribution in [2.24, 2.45) is 10.4 Å². The number of aliphatic imine (C=N–C) groups is 1. The van der Waals surface area contributed by atoms with E-state index in [-0.39, 0.29) is 12.6 Å². The summed E-state index contributed by atoms with van der Waals surface area (Å²) in [6.07, 6.45) is -0.151. The summed E-state index contributed by atoms with van der Waals surface area (Å²) in [4.78, 5) is 32.1. The normalized spacial score (nSPS) is 21.9. The molecule has 1 unspecified atom stereocenters. The number of carbonyl (C=O) groups is 2. The summed E-state index contributed by atoms with van der Waals surface area (Å²) in [5, 5.41) is 0. The standard InChI is InChI=1S/C27H38N2O8/c1-24(2,3)36-22(30)29(23(31)37-25(4,5)6)21-28-27(17-35-21)19-13-18(9-8-12-32-7)10-11-20(19)34-16-26(27)14-33-15-26/h10-11,13H,8-9,12,14-17H2,1-7H3. The highest BCUT2D eigenvalue weighted by atomic mass is 16.6. The quantitative estimate of drug-likeness (QED) is 0.539. The summed E-state index contributed by atoms with van der Waals surface area (Å²) in [5.74, 6) is 0.697. The van der Waals surface area contributed by atoms with Crippen LogP contribution in [0.4, 0.5) is 9.59 Å². The summed E-state index contributed by atoms with van der Waals surface area (Å²) in [6, 6.07) is 5.89. The zero-order valence-electron chi connectivity index (χ0n) is 22.8. The number of methoxy groups -OCH3 is 1. The van der Waals surface area contributed by atoms with Crippen molar-refractivity contribution in [3.63, 3.8) is 0 Å². The van der Waals surface area contributed by atoms with Crippen molar-refractivity contribution in [3.8, 4) is 5.75 Å². The third kappa shape index (κ3) is 5.40. The lowest BCUT2D eigenvalue weighted by molar-refractivity contribution is -0.185. The number of ether oxygens (including phenoxy) is 6. The minimum absolute atomic E-state index is 0.117. The van der Waals surface area contributed by atoms with Crippen LogP contribution in [0.1, 0.15) is 59.1 Å². The highest BCUT2D eigenvalue weighted by Gasteiger charge is 2.65. The van der Waals surface area contributed by atoms with Gasteiger partial charge in [-0.15, -0.1) is 4.90 Å². The predicted octanol–water partition coefficient (Wildman–Crippen LogP) is 4.43. The van der Waals surface area contributed by atoms with Gasteiger partial charge in [0.25, 0.3) is 0 Å². The van der Waals surface area contributed by atoms with Crippen LogP contribution in [-0.2, 0) is 35.6 Å². The van der Waals surface area contributed by atoms with Crippen LogP contribution in [0.3, 0.4) is 0 Å². The number of imide groups is 1. The van der Waals surface area contributed by atoms with Gasteiger partial charge in [0.15, 0.2) is 0 Å². The molecule has 0 radical (unpaired) electrons. The molecule has 1 atom stereocenters. The van der Waals surface area contributed by atoms with Crippen molar-refractivity contribution in [2.75, 3.05) is 40.1 Å². The van der Waals surface area contributed by atoms with Gasteiger partial charge in [0, 0.05) is 19.3 Å². The lowest BCUT2D eigenvalue weighted by Gasteiger charge is -2.53. The van der Waals surface area contributed by atoms with Crippen molar-refractivity contribution in [1.29, 1.82) is 0 Å². The van der Waals surface area contributed by atoms with Crippen LogP contribution < -0.4 is 4.74 Å². The molecule has 10 heteroatoms. The van der Waals surface area contributed by atoms with Crippen LogP contribution in [0.25, 0.3) is 0 Å². The number of amidine groups is 1. The Kier molecular flexibility index (Phi) is 7.20. The zero-order chi connectivity index (χ0) is 27.1. The van der Waals surface area contributed by atoms with Crippen molar-refractivity contribution >= 4 is 18.2 Å². The topological polar surface area (TPSA) is 105 Å². The van der Waals surface area contributed by atoms with Crippen LogP contribution >= 0.6 is 0 Å². The molecule has 10 nitrogen and oxygen atoms in total. The molecule has 1 aromatic carbocycles. The number of hydrogen-bond acceptors (Lipinski definition) is 9. The van der Waals surface area contributed by atoms with Crippen molar-refractivity contribution in [2.45, 2.75) is 71.1 Å². The maximum Gasteiger partial charge on any atom is 0.428 e. The van der Waals surface area contributed by atoms with Crippen LogP contribution in [0, 0.1) is 5.41 Å². The van der Waals surface area contributed by atoms with Gasteiger partial charge in [-0.25, -0.2) is 14.6 Å². The summed E-state index contributed by atoms with van der Waals surface area (Å²) in [6.45, 7) is 12.3. The van der Waals surface area contributed by atoms with E-state index in [0.29, 0.717) is 32.2 Å². The van der Waals surface area contributed by atoms with E-state index in [1.165, 1.54) is 0 Å². The number of nitrogens with zero attached hydrogens (tertiary/aromatic N) is 2. The number of rotatable bonds is 4. The molecule has 37 heavy (non-hydrogen) atoms. The van der Waals surface area contributed by atoms with Gasteiger partial charge in [0.2, 0.25) is 0 Å². The lowest BCUT2D eigenvalue weighted by atomic mass is 9.64. The van der Waals surface area contributed by atoms with Crippen molar-refractivity contribution in [3.05, 3.63) is 29.3 Å². The Hall–Kier alpha value is -2.85. The highest BCUT2D eigenvalue weighted by Crippen LogP contribution is 2.56. The zero-order valence-corrected chi connectivity index (χ0v) is 22.8. The summed E-state index contributed by atoms with van der Waals surface area (Å²) >= 11 is 0. The molecule has 3 heterocycles. The van der Waals surface area contributed by atoms with E-state index < -0.39 is 34.3 Å². The van der Waals surface area contributed by atoms with E-state index in [2.05, 4.69) is 6.07 Å². The number of carbonyl (C=O) groups excluding carboxylic acids is 2. The van der Waals surface area contributed by atoms with Gasteiger partial charge in [0.05, 0.1) is 18.6 Å². The van der Waals surface area contributed by atoms with Crippen molar-refractivity contribution in [1.82, 2.24) is 4.90 Å². The van der Waals surface area contributed by atoms with Crippen molar-refractivity contribution < 1.29 is 38.0 Å². The number of hydrogen-bond donors (Lipinski definition) is 0. The van der Waals surface area contributed by atoms with Crippen LogP contribution in [0.15, 0.2) is 23.2 Å². The second kappa shape index (κ2) is 9.79. The van der Waals surface area contributed by atoms with Gasteiger partial charge in [-0.1, -0.05) is 6.07 Å². The molecule has 3 aliphatic heterocycles. The van der Waals surface area contributed by atoms with Gasteiger partial charge >= 0.3 is 18.2 Å². The number of aryl methyl sites for hydroxylation is 1. The molecular formula is C27H38N2O8. The maximum absolute atomic E-state index is 13.2. The lowest BCUT2D eigenvalue weighted by Crippen LogP contribution is -2.63. The molecule has 3 aliphatic rings. The Morgan fingerprint density at radius 3 is 2.16 bits per heavy atom. The molecule has 1 fully saturated rings. The van der Waals surface area contributed by atoms with E-state index in [1.54, 1.807) is 48.7 Å². The molecule has 0 saturated carbocycles. The summed E-state index contributed by atoms with van der Waals surface area (Å²) in [7, 11) is 1.68. The molecule has 4 rings (SSSR count). The summed E-state index contributed by atoms with van der Waals surface area (Å²) in [5.41, 5.74) is -1.15. The Morgan fingerprint density at radius 1 is 0.973 bits per heavy atom. The van der Waals surface area contributed by atoms with E-state index in [1.807, 2.05) is 12.1 Å². The minimum atomic E-state index is -0.919. The Bertz CT molecular complexity index is 1040. The van der Waals surface area contributed by atoms with E-state index >= 15 is 0 Å². The SMILES string of the molecule is COCCCc1ccc2c(c1)C1(COC(N(C(=O)OC(C)(C)C)C(=O)OC(C)(C)C)=N1)C1(COC1)CO2. The maximum atomic E-state index is 13.2. The number of amides is 2. The van der Waals surface area contributed by atoms with Gasteiger partial charge in [-0.2, -0.15) is 0 Å². The van der Waals surface area contributed by atoms with Gasteiger partial charge in [-0.05, 0) is 72.1 Å². The fraction of sp³-hybridized carbons (Fsp3) is 0.667. The Balaban J connectivity index is 1.77. The average Bonchev–Trinajstić information content (AvgIpc) is 3.16. The first-order valence-corrected chi connectivity index (χ1v) is 12.6. The molecule has 204 valence electrons. The molecule has 0 aliphatic carbocycles.